The third kappa shape index (κ3) is 3.79. The molecule has 0 aliphatic carbocycles. The highest BCUT2D eigenvalue weighted by molar-refractivity contribution is 6.04. The maximum Gasteiger partial charge on any atom is 0.187 e. The van der Waals surface area contributed by atoms with Gasteiger partial charge in [0, 0.05) is 23.5 Å². The zero-order valence-electron chi connectivity index (χ0n) is 11.3. The fourth-order valence-electron chi connectivity index (χ4n) is 1.76. The Morgan fingerprint density at radius 3 is 2.35 bits per heavy atom. The van der Waals surface area contributed by atoms with Crippen molar-refractivity contribution in [2.24, 2.45) is 0 Å². The van der Waals surface area contributed by atoms with Crippen LogP contribution >= 0.6 is 0 Å². The van der Waals surface area contributed by atoms with Crippen LogP contribution in [0.3, 0.4) is 0 Å². The minimum absolute atomic E-state index is 0.0673. The lowest BCUT2D eigenvalue weighted by molar-refractivity contribution is 0.104. The summed E-state index contributed by atoms with van der Waals surface area (Å²) in [5.74, 6) is -0.353. The summed E-state index contributed by atoms with van der Waals surface area (Å²) >= 11 is 0. The summed E-state index contributed by atoms with van der Waals surface area (Å²) < 4.78 is 12.7. The molecule has 2 aromatic carbocycles. The molecule has 2 nitrogen and oxygen atoms in total. The largest absolute Gasteiger partial charge is 0.362 e. The van der Waals surface area contributed by atoms with Gasteiger partial charge in [-0.1, -0.05) is 31.2 Å². The second kappa shape index (κ2) is 6.66. The minimum Gasteiger partial charge on any atom is -0.362 e. The second-order valence-corrected chi connectivity index (χ2v) is 4.40. The average molecular weight is 269 g/mol. The van der Waals surface area contributed by atoms with Gasteiger partial charge in [-0.05, 0) is 36.2 Å². The van der Waals surface area contributed by atoms with E-state index in [1.54, 1.807) is 18.3 Å². The molecule has 0 saturated heterocycles. The number of carbonyl (C=O) groups excluding carboxylic acids is 1. The Hall–Kier alpha value is -2.42. The number of benzene rings is 2. The summed E-state index contributed by atoms with van der Waals surface area (Å²) in [6, 6.07) is 13.5. The van der Waals surface area contributed by atoms with E-state index in [9.17, 15) is 9.18 Å². The van der Waals surface area contributed by atoms with E-state index < -0.39 is 0 Å². The van der Waals surface area contributed by atoms with Crippen molar-refractivity contribution >= 4 is 11.5 Å². The van der Waals surface area contributed by atoms with Gasteiger partial charge in [0.15, 0.2) is 5.78 Å². The summed E-state index contributed by atoms with van der Waals surface area (Å²) in [6.45, 7) is 2.07. The highest BCUT2D eigenvalue weighted by Gasteiger charge is 2.00. The predicted octanol–water partition coefficient (Wildman–Crippen LogP) is 4.20. The zero-order valence-corrected chi connectivity index (χ0v) is 11.3. The molecular formula is C17H16FNO. The third-order valence-corrected chi connectivity index (χ3v) is 2.98. The Balaban J connectivity index is 1.96. The van der Waals surface area contributed by atoms with Crippen LogP contribution in [-0.4, -0.2) is 5.78 Å². The highest BCUT2D eigenvalue weighted by atomic mass is 19.1. The van der Waals surface area contributed by atoms with Crippen LogP contribution in [0.4, 0.5) is 10.1 Å². The number of hydrogen-bond donors (Lipinski definition) is 1. The number of allylic oxidation sites excluding steroid dienone is 1. The van der Waals surface area contributed by atoms with Crippen molar-refractivity contribution in [2.45, 2.75) is 13.3 Å². The molecule has 0 amide bonds. The zero-order chi connectivity index (χ0) is 14.4. The lowest BCUT2D eigenvalue weighted by Crippen LogP contribution is -1.96. The van der Waals surface area contributed by atoms with Gasteiger partial charge in [-0.3, -0.25) is 4.79 Å². The Bertz CT molecular complexity index is 600. The first-order valence-electron chi connectivity index (χ1n) is 6.51. The van der Waals surface area contributed by atoms with Gasteiger partial charge in [0.2, 0.25) is 0 Å². The second-order valence-electron chi connectivity index (χ2n) is 4.40. The quantitative estimate of drug-likeness (QED) is 0.651. The number of ketones is 1. The van der Waals surface area contributed by atoms with E-state index in [1.807, 2.05) is 24.3 Å². The van der Waals surface area contributed by atoms with Crippen molar-refractivity contribution in [2.75, 3.05) is 5.32 Å². The van der Waals surface area contributed by atoms with Gasteiger partial charge >= 0.3 is 0 Å². The van der Waals surface area contributed by atoms with Crippen LogP contribution in [-0.2, 0) is 6.42 Å². The molecule has 0 aliphatic rings. The van der Waals surface area contributed by atoms with Crippen LogP contribution in [0.2, 0.25) is 0 Å². The summed E-state index contributed by atoms with van der Waals surface area (Å²) in [5, 5.41) is 2.93. The first kappa shape index (κ1) is 14.0. The van der Waals surface area contributed by atoms with Gasteiger partial charge in [-0.15, -0.1) is 0 Å². The monoisotopic (exact) mass is 269 g/mol. The fourth-order valence-corrected chi connectivity index (χ4v) is 1.76. The molecule has 0 spiro atoms. The molecule has 0 heterocycles. The summed E-state index contributed by atoms with van der Waals surface area (Å²) in [4.78, 5) is 11.9. The van der Waals surface area contributed by atoms with E-state index in [4.69, 9.17) is 0 Å². The maximum absolute atomic E-state index is 12.7. The third-order valence-electron chi connectivity index (χ3n) is 2.98. The molecule has 0 radical (unpaired) electrons. The van der Waals surface area contributed by atoms with E-state index in [0.29, 0.717) is 5.56 Å². The molecule has 0 unspecified atom stereocenters. The molecule has 0 atom stereocenters. The molecule has 0 aromatic heterocycles. The molecule has 0 fully saturated rings. The first-order chi connectivity index (χ1) is 9.69. The van der Waals surface area contributed by atoms with Crippen molar-refractivity contribution < 1.29 is 9.18 Å². The standard InChI is InChI=1S/C17H16FNO/c1-2-13-3-5-14(6-4-13)17(20)11-12-19-16-9-7-15(18)8-10-16/h3-12,19H,2H2,1H3. The van der Waals surface area contributed by atoms with Crippen LogP contribution in [0.15, 0.2) is 60.8 Å². The molecule has 1 N–H and O–H groups in total. The molecule has 0 saturated carbocycles. The Labute approximate surface area is 118 Å². The number of nitrogens with one attached hydrogen (secondary N) is 1. The highest BCUT2D eigenvalue weighted by Crippen LogP contribution is 2.09. The molecule has 2 aromatic rings. The molecule has 20 heavy (non-hydrogen) atoms. The fraction of sp³-hybridized carbons (Fsp3) is 0.118. The Kier molecular flexibility index (Phi) is 4.66. The van der Waals surface area contributed by atoms with E-state index in [0.717, 1.165) is 12.1 Å². The van der Waals surface area contributed by atoms with Crippen LogP contribution in [0.1, 0.15) is 22.8 Å². The lowest BCUT2D eigenvalue weighted by Gasteiger charge is -2.01. The molecule has 2 rings (SSSR count). The number of anilines is 1. The number of hydrogen-bond acceptors (Lipinski definition) is 2. The van der Waals surface area contributed by atoms with Gasteiger partial charge in [0.05, 0.1) is 0 Å². The van der Waals surface area contributed by atoms with E-state index >= 15 is 0 Å². The van der Waals surface area contributed by atoms with Crippen LogP contribution < -0.4 is 5.32 Å². The first-order valence-corrected chi connectivity index (χ1v) is 6.51. The van der Waals surface area contributed by atoms with E-state index in [1.165, 1.54) is 23.8 Å². The van der Waals surface area contributed by atoms with Crippen molar-refractivity contribution in [1.82, 2.24) is 0 Å². The van der Waals surface area contributed by atoms with Crippen molar-refractivity contribution in [1.29, 1.82) is 0 Å². The number of rotatable bonds is 5. The van der Waals surface area contributed by atoms with Gasteiger partial charge < -0.3 is 5.32 Å². The van der Waals surface area contributed by atoms with Crippen LogP contribution in [0.25, 0.3) is 0 Å². The molecular weight excluding hydrogens is 253 g/mol. The maximum atomic E-state index is 12.7. The lowest BCUT2D eigenvalue weighted by atomic mass is 10.1. The SMILES string of the molecule is CCc1ccc(C(=O)C=CNc2ccc(F)cc2)cc1. The van der Waals surface area contributed by atoms with Crippen LogP contribution in [0.5, 0.6) is 0 Å². The summed E-state index contributed by atoms with van der Waals surface area (Å²) in [6.07, 6.45) is 3.98. The topological polar surface area (TPSA) is 29.1 Å². The number of carbonyl (C=O) groups is 1. The smallest absolute Gasteiger partial charge is 0.187 e. The van der Waals surface area contributed by atoms with Gasteiger partial charge in [-0.2, -0.15) is 0 Å². The molecule has 102 valence electrons. The predicted molar refractivity (Wildman–Crippen MR) is 79.3 cm³/mol. The van der Waals surface area contributed by atoms with E-state index in [-0.39, 0.29) is 11.6 Å². The van der Waals surface area contributed by atoms with E-state index in [2.05, 4.69) is 12.2 Å². The normalized spacial score (nSPS) is 10.7. The Morgan fingerprint density at radius 2 is 1.75 bits per heavy atom. The van der Waals surface area contributed by atoms with Gasteiger partial charge in [0.1, 0.15) is 5.82 Å². The van der Waals surface area contributed by atoms with Gasteiger partial charge in [-0.25, -0.2) is 4.39 Å². The van der Waals surface area contributed by atoms with Crippen LogP contribution in [0, 0.1) is 5.82 Å². The minimum atomic E-state index is -0.286. The van der Waals surface area contributed by atoms with Gasteiger partial charge in [0.25, 0.3) is 0 Å². The number of halogens is 1. The average Bonchev–Trinajstić information content (AvgIpc) is 2.49. The summed E-state index contributed by atoms with van der Waals surface area (Å²) in [7, 11) is 0. The summed E-state index contributed by atoms with van der Waals surface area (Å²) in [5.41, 5.74) is 2.59. The van der Waals surface area contributed by atoms with Crippen molar-refractivity contribution in [3.8, 4) is 0 Å². The Morgan fingerprint density at radius 1 is 1.10 bits per heavy atom. The van der Waals surface area contributed by atoms with Crippen molar-refractivity contribution in [3.05, 3.63) is 77.8 Å². The molecule has 3 heteroatoms. The van der Waals surface area contributed by atoms with Crippen molar-refractivity contribution in [3.63, 3.8) is 0 Å². The number of aryl methyl sites for hydroxylation is 1. The molecule has 0 aliphatic heterocycles. The molecule has 0 bridgehead atoms.